The van der Waals surface area contributed by atoms with E-state index in [1.807, 2.05) is 0 Å². The number of benzene rings is 2. The van der Waals surface area contributed by atoms with Gasteiger partial charge in [-0.2, -0.15) is 0 Å². The quantitative estimate of drug-likeness (QED) is 0.478. The second kappa shape index (κ2) is 6.77. The third-order valence-electron chi connectivity index (χ3n) is 3.25. The Hall–Kier alpha value is 0.199. The van der Waals surface area contributed by atoms with Gasteiger partial charge in [-0.25, -0.2) is 0 Å². The Morgan fingerprint density at radius 3 is 1.47 bits per heavy atom. The van der Waals surface area contributed by atoms with Gasteiger partial charge in [0.15, 0.2) is 0 Å². The van der Waals surface area contributed by atoms with E-state index in [0.717, 1.165) is 0 Å². The van der Waals surface area contributed by atoms with Gasteiger partial charge in [-0.1, -0.05) is 0 Å². The average molecular weight is 489 g/mol. The molecule has 0 aromatic heterocycles. The molecule has 100 valence electrons. The van der Waals surface area contributed by atoms with E-state index in [1.54, 1.807) is 0 Å². The van der Waals surface area contributed by atoms with E-state index in [0.29, 0.717) is 0 Å². The van der Waals surface area contributed by atoms with Crippen LogP contribution in [0.5, 0.6) is 0 Å². The molecule has 0 N–H and O–H groups in total. The van der Waals surface area contributed by atoms with Gasteiger partial charge in [0, 0.05) is 0 Å². The van der Waals surface area contributed by atoms with Crippen LogP contribution in [-0.4, -0.2) is 18.4 Å². The van der Waals surface area contributed by atoms with Crippen LogP contribution in [0, 0.1) is 0 Å². The Morgan fingerprint density at radius 2 is 1.11 bits per heavy atom. The van der Waals surface area contributed by atoms with Crippen molar-refractivity contribution < 1.29 is 0 Å². The summed E-state index contributed by atoms with van der Waals surface area (Å²) in [5, 5.41) is 0. The molecule has 2 aromatic carbocycles. The van der Waals surface area contributed by atoms with Crippen LogP contribution in [0.25, 0.3) is 0 Å². The number of rotatable bonds is 4. The van der Waals surface area contributed by atoms with E-state index in [1.165, 1.54) is 28.9 Å². The molecule has 0 saturated carbocycles. The van der Waals surface area contributed by atoms with E-state index >= 15 is 0 Å². The fraction of sp³-hybridized carbons (Fsp3) is 0.250. The molecule has 0 aliphatic heterocycles. The van der Waals surface area contributed by atoms with Gasteiger partial charge in [0.25, 0.3) is 0 Å². The molecule has 0 saturated heterocycles. The molecule has 0 nitrogen and oxygen atoms in total. The summed E-state index contributed by atoms with van der Waals surface area (Å²) >= 11 is 5.25. The van der Waals surface area contributed by atoms with E-state index in [9.17, 15) is 0 Å². The van der Waals surface area contributed by atoms with Crippen molar-refractivity contribution >= 4 is 50.2 Å². The molecule has 0 spiro atoms. The molecule has 3 heteroatoms. The SMILES string of the molecule is [CH3][Sn]([CH3])([CH2]c1ccccc1Br)[CH2]c1ccccc1Br. The van der Waals surface area contributed by atoms with Crippen LogP contribution in [-0.2, 0) is 8.87 Å². The van der Waals surface area contributed by atoms with Gasteiger partial charge in [0.1, 0.15) is 0 Å². The molecule has 0 bridgehead atoms. The summed E-state index contributed by atoms with van der Waals surface area (Å²) in [6, 6.07) is 17.3. The van der Waals surface area contributed by atoms with E-state index in [4.69, 9.17) is 0 Å². The zero-order valence-corrected chi connectivity index (χ0v) is 17.3. The molecule has 0 unspecified atom stereocenters. The Bertz CT molecular complexity index is 515. The van der Waals surface area contributed by atoms with Gasteiger partial charge >= 0.3 is 138 Å². The minimum atomic E-state index is -2.10. The predicted molar refractivity (Wildman–Crippen MR) is 93.2 cm³/mol. The van der Waals surface area contributed by atoms with Gasteiger partial charge in [0.2, 0.25) is 0 Å². The van der Waals surface area contributed by atoms with Gasteiger partial charge in [-0.3, -0.25) is 0 Å². The van der Waals surface area contributed by atoms with Crippen molar-refractivity contribution in [2.24, 2.45) is 0 Å². The van der Waals surface area contributed by atoms with Crippen molar-refractivity contribution in [1.29, 1.82) is 0 Å². The summed E-state index contributed by atoms with van der Waals surface area (Å²) in [6.45, 7) is 0. The molecule has 0 aliphatic carbocycles. The first-order valence-electron chi connectivity index (χ1n) is 6.45. The Balaban J connectivity index is 2.15. The summed E-state index contributed by atoms with van der Waals surface area (Å²) in [6.07, 6.45) is 0. The molecule has 19 heavy (non-hydrogen) atoms. The fourth-order valence-electron chi connectivity index (χ4n) is 2.38. The van der Waals surface area contributed by atoms with Crippen molar-refractivity contribution in [2.75, 3.05) is 0 Å². The van der Waals surface area contributed by atoms with Crippen molar-refractivity contribution in [3.8, 4) is 0 Å². The van der Waals surface area contributed by atoms with Gasteiger partial charge < -0.3 is 0 Å². The second-order valence-electron chi connectivity index (χ2n) is 5.70. The first-order valence-corrected chi connectivity index (χ1v) is 17.8. The maximum absolute atomic E-state index is 3.67. The van der Waals surface area contributed by atoms with Crippen molar-refractivity contribution in [2.45, 2.75) is 18.8 Å². The molecule has 0 fully saturated rings. The first kappa shape index (κ1) is 15.6. The molecule has 0 amide bonds. The summed E-state index contributed by atoms with van der Waals surface area (Å²) in [5.41, 5.74) is 2.94. The Morgan fingerprint density at radius 1 is 0.737 bits per heavy atom. The van der Waals surface area contributed by atoms with Gasteiger partial charge in [-0.15, -0.1) is 0 Å². The Labute approximate surface area is 136 Å². The van der Waals surface area contributed by atoms with Crippen LogP contribution in [0.4, 0.5) is 0 Å². The average Bonchev–Trinajstić information content (AvgIpc) is 2.35. The fourth-order valence-corrected chi connectivity index (χ4v) is 12.7. The maximum atomic E-state index is 3.67. The molecule has 0 atom stereocenters. The molecular weight excluding hydrogens is 471 g/mol. The van der Waals surface area contributed by atoms with E-state index in [-0.39, 0.29) is 0 Å². The topological polar surface area (TPSA) is 0 Å². The van der Waals surface area contributed by atoms with Crippen LogP contribution in [0.3, 0.4) is 0 Å². The normalized spacial score (nSPS) is 11.6. The first-order chi connectivity index (χ1) is 8.98. The van der Waals surface area contributed by atoms with E-state index < -0.39 is 18.4 Å². The van der Waals surface area contributed by atoms with Crippen LogP contribution >= 0.6 is 31.9 Å². The van der Waals surface area contributed by atoms with Crippen LogP contribution in [0.2, 0.25) is 9.88 Å². The van der Waals surface area contributed by atoms with E-state index in [2.05, 4.69) is 90.3 Å². The van der Waals surface area contributed by atoms with Gasteiger partial charge in [0.05, 0.1) is 0 Å². The van der Waals surface area contributed by atoms with Crippen molar-refractivity contribution in [3.05, 3.63) is 68.6 Å². The van der Waals surface area contributed by atoms with Crippen LogP contribution < -0.4 is 0 Å². The molecule has 0 aliphatic rings. The standard InChI is InChI=1S/2C7H6Br.2CH3.Sn/c2*1-6-4-2-3-5-7(6)8;;;/h2*2-5H,1H2;2*1H3;. The number of hydrogen-bond acceptors (Lipinski definition) is 0. The number of hydrogen-bond donors (Lipinski definition) is 0. The zero-order chi connectivity index (χ0) is 13.9. The third-order valence-corrected chi connectivity index (χ3v) is 12.4. The van der Waals surface area contributed by atoms with Crippen LogP contribution in [0.1, 0.15) is 11.1 Å². The summed E-state index contributed by atoms with van der Waals surface area (Å²) in [7, 11) is 0. The van der Waals surface area contributed by atoms with Gasteiger partial charge in [-0.05, 0) is 0 Å². The molecular formula is C16H18Br2Sn. The summed E-state index contributed by atoms with van der Waals surface area (Å²) < 4.78 is 5.06. The molecule has 0 heterocycles. The van der Waals surface area contributed by atoms with Crippen molar-refractivity contribution in [1.82, 2.24) is 0 Å². The zero-order valence-electron chi connectivity index (χ0n) is 11.3. The van der Waals surface area contributed by atoms with Crippen molar-refractivity contribution in [3.63, 3.8) is 0 Å². The molecule has 2 aromatic rings. The number of halogens is 2. The second-order valence-corrected chi connectivity index (χ2v) is 21.8. The third kappa shape index (κ3) is 4.61. The molecule has 2 rings (SSSR count). The predicted octanol–water partition coefficient (Wildman–Crippen LogP) is 5.78. The summed E-state index contributed by atoms with van der Waals surface area (Å²) in [4.78, 5) is 5.07. The minimum absolute atomic E-state index is 1.26. The monoisotopic (exact) mass is 488 g/mol. The molecule has 0 radical (unpaired) electrons. The Kier molecular flexibility index (Phi) is 5.55. The summed E-state index contributed by atoms with van der Waals surface area (Å²) in [5.74, 6) is 0. The van der Waals surface area contributed by atoms with Crippen LogP contribution in [0.15, 0.2) is 57.5 Å².